The van der Waals surface area contributed by atoms with Gasteiger partial charge in [-0.05, 0) is 89.9 Å². The topological polar surface area (TPSA) is 78.9 Å². The Hall–Kier alpha value is -4.19. The Morgan fingerprint density at radius 3 is 1.23 bits per heavy atom. The van der Waals surface area contributed by atoms with Crippen LogP contribution >= 0.6 is 0 Å². The fourth-order valence-electron chi connectivity index (χ4n) is 6.13. The first kappa shape index (κ1) is 57.8. The van der Waals surface area contributed by atoms with Gasteiger partial charge in [-0.2, -0.15) is 0 Å². The molecule has 0 fully saturated rings. The number of allylic oxidation sites excluding steroid dienone is 20. The van der Waals surface area contributed by atoms with E-state index in [1.54, 1.807) is 0 Å². The van der Waals surface area contributed by atoms with Crippen LogP contribution in [0.5, 0.6) is 0 Å². The molecule has 348 valence electrons. The van der Waals surface area contributed by atoms with Crippen LogP contribution in [-0.2, 0) is 28.6 Å². The number of esters is 3. The van der Waals surface area contributed by atoms with Crippen molar-refractivity contribution in [3.8, 4) is 0 Å². The van der Waals surface area contributed by atoms with Gasteiger partial charge < -0.3 is 14.2 Å². The Morgan fingerprint density at radius 1 is 0.355 bits per heavy atom. The monoisotopic (exact) mass is 857 g/mol. The van der Waals surface area contributed by atoms with Gasteiger partial charge in [-0.15, -0.1) is 0 Å². The third-order valence-electron chi connectivity index (χ3n) is 9.77. The smallest absolute Gasteiger partial charge is 0.306 e. The number of hydrogen-bond acceptors (Lipinski definition) is 6. The molecule has 0 aliphatic carbocycles. The van der Waals surface area contributed by atoms with Crippen LogP contribution in [0.3, 0.4) is 0 Å². The fraction of sp³-hybridized carbons (Fsp3) is 0.589. The van der Waals surface area contributed by atoms with Crippen molar-refractivity contribution in [2.45, 2.75) is 200 Å². The SMILES string of the molecule is CC/C=C/C=C/C=C/CCCCCCCCCC(=O)OC(COC(=O)CC/C=C/C/C=C/C/C=C/C/C=C/C/C=C/CC)COC(=O)CC/C=C/C/C=C/CCCCCCCC. The second-order valence-electron chi connectivity index (χ2n) is 15.7. The molecule has 0 aromatic heterocycles. The molecule has 0 N–H and O–H groups in total. The van der Waals surface area contributed by atoms with E-state index >= 15 is 0 Å². The molecule has 0 aliphatic rings. The Labute approximate surface area is 380 Å². The molecule has 0 aromatic rings. The summed E-state index contributed by atoms with van der Waals surface area (Å²) in [7, 11) is 0. The van der Waals surface area contributed by atoms with Gasteiger partial charge in [-0.1, -0.05) is 206 Å². The summed E-state index contributed by atoms with van der Waals surface area (Å²) in [5, 5.41) is 0. The number of unbranched alkanes of at least 4 members (excludes halogenated alkanes) is 13. The van der Waals surface area contributed by atoms with E-state index in [0.29, 0.717) is 12.8 Å². The summed E-state index contributed by atoms with van der Waals surface area (Å²) in [5.74, 6) is -1.11. The van der Waals surface area contributed by atoms with Crippen LogP contribution in [0.2, 0.25) is 0 Å². The van der Waals surface area contributed by atoms with Crippen LogP contribution < -0.4 is 0 Å². The maximum Gasteiger partial charge on any atom is 0.306 e. The molecule has 1 unspecified atom stereocenters. The van der Waals surface area contributed by atoms with Gasteiger partial charge in [0.05, 0.1) is 0 Å². The zero-order valence-electron chi connectivity index (χ0n) is 39.6. The Morgan fingerprint density at radius 2 is 0.742 bits per heavy atom. The number of ether oxygens (including phenoxy) is 3. The molecule has 0 radical (unpaired) electrons. The first-order chi connectivity index (χ1) is 30.5. The van der Waals surface area contributed by atoms with Crippen molar-refractivity contribution in [3.05, 3.63) is 122 Å². The fourth-order valence-corrected chi connectivity index (χ4v) is 6.13. The van der Waals surface area contributed by atoms with Crippen LogP contribution in [0.15, 0.2) is 122 Å². The Kier molecular flexibility index (Phi) is 46.1. The van der Waals surface area contributed by atoms with E-state index < -0.39 is 6.10 Å². The summed E-state index contributed by atoms with van der Waals surface area (Å²) >= 11 is 0. The second-order valence-corrected chi connectivity index (χ2v) is 15.7. The minimum Gasteiger partial charge on any atom is -0.462 e. The molecule has 0 aromatic carbocycles. The average molecular weight is 857 g/mol. The lowest BCUT2D eigenvalue weighted by Crippen LogP contribution is -2.30. The summed E-state index contributed by atoms with van der Waals surface area (Å²) in [5.41, 5.74) is 0. The van der Waals surface area contributed by atoms with Crippen molar-refractivity contribution < 1.29 is 28.6 Å². The van der Waals surface area contributed by atoms with Crippen molar-refractivity contribution in [3.63, 3.8) is 0 Å². The van der Waals surface area contributed by atoms with E-state index in [1.807, 2.05) is 18.2 Å². The van der Waals surface area contributed by atoms with Crippen molar-refractivity contribution in [1.82, 2.24) is 0 Å². The van der Waals surface area contributed by atoms with Gasteiger partial charge in [0, 0.05) is 19.3 Å². The molecule has 0 spiro atoms. The minimum absolute atomic E-state index is 0.140. The van der Waals surface area contributed by atoms with Crippen molar-refractivity contribution in [1.29, 1.82) is 0 Å². The summed E-state index contributed by atoms with van der Waals surface area (Å²) in [6.07, 6.45) is 67.8. The maximum absolute atomic E-state index is 12.8. The van der Waals surface area contributed by atoms with E-state index in [9.17, 15) is 14.4 Å². The summed E-state index contributed by atoms with van der Waals surface area (Å²) in [4.78, 5) is 37.8. The first-order valence-corrected chi connectivity index (χ1v) is 24.6. The molecule has 0 aliphatic heterocycles. The molecule has 1 atom stereocenters. The van der Waals surface area contributed by atoms with Gasteiger partial charge >= 0.3 is 17.9 Å². The van der Waals surface area contributed by atoms with Crippen molar-refractivity contribution in [2.75, 3.05) is 13.2 Å². The normalized spacial score (nSPS) is 13.1. The number of carbonyl (C=O) groups excluding carboxylic acids is 3. The molecule has 6 nitrogen and oxygen atoms in total. The van der Waals surface area contributed by atoms with Crippen LogP contribution in [-0.4, -0.2) is 37.2 Å². The number of rotatable bonds is 42. The molecule has 0 heterocycles. The van der Waals surface area contributed by atoms with Crippen molar-refractivity contribution in [2.24, 2.45) is 0 Å². The molecule has 0 saturated heterocycles. The summed E-state index contributed by atoms with van der Waals surface area (Å²) in [6.45, 7) is 6.23. The predicted octanol–water partition coefficient (Wildman–Crippen LogP) is 16.1. The standard InChI is InChI=1S/C56H88O6/c1-4-7-10-13-16-19-22-25-27-29-31-34-37-40-43-46-49-55(58)61-52-53(51-60-54(57)48-45-42-39-36-33-30-24-21-18-15-12-9-6-3)62-56(59)50-47-44-41-38-35-32-28-26-23-20-17-14-11-8-5-2/h7-8,10-11,14,16-17,19-20,23,25,27,30-31,33-34,39-40,42-43,53H,4-6,9,12-13,15,18,21-22,24,26,28-29,32,35-38,41,44-52H2,1-3H3/b10-7+,11-8+,17-14+,19-16+,23-20+,27-25+,33-30+,34-31+,42-39+,43-40+. The second kappa shape index (κ2) is 49.5. The van der Waals surface area contributed by atoms with E-state index in [4.69, 9.17) is 14.2 Å². The molecule has 0 rings (SSSR count). The Bertz CT molecular complexity index is 1350. The van der Waals surface area contributed by atoms with E-state index in [2.05, 4.69) is 124 Å². The quantitative estimate of drug-likeness (QED) is 0.0200. The van der Waals surface area contributed by atoms with Crippen LogP contribution in [0.25, 0.3) is 0 Å². The minimum atomic E-state index is -0.839. The third-order valence-corrected chi connectivity index (χ3v) is 9.77. The highest BCUT2D eigenvalue weighted by atomic mass is 16.6. The highest BCUT2D eigenvalue weighted by Crippen LogP contribution is 2.12. The van der Waals surface area contributed by atoms with Crippen LogP contribution in [0.4, 0.5) is 0 Å². The molecule has 6 heteroatoms. The lowest BCUT2D eigenvalue weighted by atomic mass is 10.1. The van der Waals surface area contributed by atoms with E-state index in [0.717, 1.165) is 83.5 Å². The molecule has 0 saturated carbocycles. The summed E-state index contributed by atoms with van der Waals surface area (Å²) in [6, 6.07) is 0. The average Bonchev–Trinajstić information content (AvgIpc) is 3.27. The van der Waals surface area contributed by atoms with Crippen molar-refractivity contribution >= 4 is 17.9 Å². The zero-order chi connectivity index (χ0) is 45.1. The molecular formula is C56H88O6. The zero-order valence-corrected chi connectivity index (χ0v) is 39.6. The van der Waals surface area contributed by atoms with Gasteiger partial charge in [0.25, 0.3) is 0 Å². The van der Waals surface area contributed by atoms with Gasteiger partial charge in [-0.25, -0.2) is 0 Å². The molecular weight excluding hydrogens is 769 g/mol. The molecule has 62 heavy (non-hydrogen) atoms. The van der Waals surface area contributed by atoms with Crippen LogP contribution in [0.1, 0.15) is 194 Å². The first-order valence-electron chi connectivity index (χ1n) is 24.6. The molecule has 0 bridgehead atoms. The van der Waals surface area contributed by atoms with Gasteiger partial charge in [0.1, 0.15) is 13.2 Å². The largest absolute Gasteiger partial charge is 0.462 e. The van der Waals surface area contributed by atoms with Crippen LogP contribution in [0, 0.1) is 0 Å². The van der Waals surface area contributed by atoms with E-state index in [1.165, 1.54) is 57.8 Å². The van der Waals surface area contributed by atoms with E-state index in [-0.39, 0.29) is 50.4 Å². The maximum atomic E-state index is 12.8. The number of carbonyl (C=O) groups is 3. The lowest BCUT2D eigenvalue weighted by molar-refractivity contribution is -0.166. The molecule has 0 amide bonds. The highest BCUT2D eigenvalue weighted by Gasteiger charge is 2.19. The Balaban J connectivity index is 4.60. The van der Waals surface area contributed by atoms with Gasteiger partial charge in [-0.3, -0.25) is 14.4 Å². The van der Waals surface area contributed by atoms with Gasteiger partial charge in [0.2, 0.25) is 0 Å². The highest BCUT2D eigenvalue weighted by molar-refractivity contribution is 5.71. The number of hydrogen-bond donors (Lipinski definition) is 0. The lowest BCUT2D eigenvalue weighted by Gasteiger charge is -2.18. The predicted molar refractivity (Wildman–Crippen MR) is 265 cm³/mol. The third kappa shape index (κ3) is 46.9. The summed E-state index contributed by atoms with van der Waals surface area (Å²) < 4.78 is 16.6. The van der Waals surface area contributed by atoms with Gasteiger partial charge in [0.15, 0.2) is 6.10 Å².